The van der Waals surface area contributed by atoms with Gasteiger partial charge in [0.1, 0.15) is 0 Å². The van der Waals surface area contributed by atoms with Gasteiger partial charge in [-0.1, -0.05) is 20.8 Å². The normalized spacial score (nSPS) is 14.9. The number of likely N-dealkylation sites (N-methyl/N-ethyl adjacent to an activating group) is 1. The first-order valence-corrected chi connectivity index (χ1v) is 12.3. The standard InChI is InChI=1S/C25H56N4/c1-22(2)14-18-29(17-11-16-26(7)8)25(6)13-12-24(5)15-19-28(23(3)4)21-20-27(9)10/h22-25H,11-21H2,1-10H3/t24-,25+/m1/s1. The van der Waals surface area contributed by atoms with Gasteiger partial charge in [0.15, 0.2) is 0 Å². The molecule has 0 aromatic rings. The molecule has 0 aromatic heterocycles. The third-order valence-corrected chi connectivity index (χ3v) is 6.22. The van der Waals surface area contributed by atoms with Crippen molar-refractivity contribution in [2.24, 2.45) is 11.8 Å². The van der Waals surface area contributed by atoms with E-state index < -0.39 is 0 Å². The van der Waals surface area contributed by atoms with Crippen molar-refractivity contribution in [1.82, 2.24) is 19.6 Å². The predicted molar refractivity (Wildman–Crippen MR) is 132 cm³/mol. The zero-order valence-corrected chi connectivity index (χ0v) is 21.9. The molecule has 176 valence electrons. The first kappa shape index (κ1) is 28.8. The third-order valence-electron chi connectivity index (χ3n) is 6.22. The van der Waals surface area contributed by atoms with Crippen LogP contribution < -0.4 is 0 Å². The van der Waals surface area contributed by atoms with Crippen molar-refractivity contribution in [3.63, 3.8) is 0 Å². The fourth-order valence-electron chi connectivity index (χ4n) is 3.76. The molecule has 0 aliphatic heterocycles. The molecule has 0 saturated heterocycles. The van der Waals surface area contributed by atoms with Gasteiger partial charge >= 0.3 is 0 Å². The topological polar surface area (TPSA) is 13.0 Å². The Morgan fingerprint density at radius 2 is 1.10 bits per heavy atom. The van der Waals surface area contributed by atoms with E-state index in [1.165, 1.54) is 64.8 Å². The van der Waals surface area contributed by atoms with Crippen molar-refractivity contribution in [1.29, 1.82) is 0 Å². The van der Waals surface area contributed by atoms with Crippen molar-refractivity contribution in [3.05, 3.63) is 0 Å². The molecule has 4 heteroatoms. The van der Waals surface area contributed by atoms with Gasteiger partial charge in [-0.25, -0.2) is 0 Å². The lowest BCUT2D eigenvalue weighted by Gasteiger charge is -2.32. The van der Waals surface area contributed by atoms with Gasteiger partial charge in [0.05, 0.1) is 0 Å². The zero-order valence-electron chi connectivity index (χ0n) is 21.9. The maximum Gasteiger partial charge on any atom is 0.0112 e. The zero-order chi connectivity index (χ0) is 22.4. The molecule has 29 heavy (non-hydrogen) atoms. The molecule has 0 bridgehead atoms. The molecule has 0 heterocycles. The summed E-state index contributed by atoms with van der Waals surface area (Å²) < 4.78 is 0. The minimum atomic E-state index is 0.643. The van der Waals surface area contributed by atoms with E-state index in [-0.39, 0.29) is 0 Å². The molecule has 0 aromatic carbocycles. The Hall–Kier alpha value is -0.160. The van der Waals surface area contributed by atoms with Crippen molar-refractivity contribution in [2.75, 3.05) is 67.5 Å². The maximum atomic E-state index is 2.76. The van der Waals surface area contributed by atoms with Crippen molar-refractivity contribution >= 4 is 0 Å². The van der Waals surface area contributed by atoms with E-state index >= 15 is 0 Å². The summed E-state index contributed by atoms with van der Waals surface area (Å²) in [5, 5.41) is 0. The first-order chi connectivity index (χ1) is 13.5. The summed E-state index contributed by atoms with van der Waals surface area (Å²) in [7, 11) is 8.71. The predicted octanol–water partition coefficient (Wildman–Crippen LogP) is 4.75. The first-order valence-electron chi connectivity index (χ1n) is 12.3. The maximum absolute atomic E-state index is 2.76. The Morgan fingerprint density at radius 1 is 0.517 bits per heavy atom. The minimum Gasteiger partial charge on any atom is -0.309 e. The van der Waals surface area contributed by atoms with Crippen LogP contribution in [0.4, 0.5) is 0 Å². The highest BCUT2D eigenvalue weighted by Gasteiger charge is 2.17. The second kappa shape index (κ2) is 16.5. The van der Waals surface area contributed by atoms with Gasteiger partial charge in [-0.3, -0.25) is 4.90 Å². The second-order valence-electron chi connectivity index (χ2n) is 10.6. The van der Waals surface area contributed by atoms with Crippen molar-refractivity contribution in [2.45, 2.75) is 85.7 Å². The van der Waals surface area contributed by atoms with Crippen molar-refractivity contribution < 1.29 is 0 Å². The van der Waals surface area contributed by atoms with Gasteiger partial charge in [0.2, 0.25) is 0 Å². The lowest BCUT2D eigenvalue weighted by Crippen LogP contribution is -2.38. The minimum absolute atomic E-state index is 0.643. The van der Waals surface area contributed by atoms with Crippen LogP contribution in [0.3, 0.4) is 0 Å². The lowest BCUT2D eigenvalue weighted by atomic mass is 9.97. The Morgan fingerprint density at radius 3 is 1.62 bits per heavy atom. The van der Waals surface area contributed by atoms with Crippen molar-refractivity contribution in [3.8, 4) is 0 Å². The summed E-state index contributed by atoms with van der Waals surface area (Å²) >= 11 is 0. The molecule has 0 rings (SSSR count). The Balaban J connectivity index is 4.40. The van der Waals surface area contributed by atoms with Crippen LogP contribution in [-0.4, -0.2) is 99.1 Å². The third kappa shape index (κ3) is 16.2. The smallest absolute Gasteiger partial charge is 0.0112 e. The molecule has 0 amide bonds. The van der Waals surface area contributed by atoms with Gasteiger partial charge in [-0.15, -0.1) is 0 Å². The van der Waals surface area contributed by atoms with E-state index in [0.29, 0.717) is 12.1 Å². The van der Waals surface area contributed by atoms with Crippen LogP contribution in [0.25, 0.3) is 0 Å². The highest BCUT2D eigenvalue weighted by Crippen LogP contribution is 2.18. The summed E-state index contributed by atoms with van der Waals surface area (Å²) in [6, 6.07) is 1.35. The van der Waals surface area contributed by atoms with Crippen LogP contribution in [0, 0.1) is 11.8 Å². The summed E-state index contributed by atoms with van der Waals surface area (Å²) in [4.78, 5) is 10.0. The Labute approximate surface area is 185 Å². The molecule has 0 aliphatic carbocycles. The van der Waals surface area contributed by atoms with Gasteiger partial charge in [0.25, 0.3) is 0 Å². The Kier molecular flexibility index (Phi) is 16.4. The molecule has 0 unspecified atom stereocenters. The quantitative estimate of drug-likeness (QED) is 0.322. The van der Waals surface area contributed by atoms with Gasteiger partial charge in [-0.2, -0.15) is 0 Å². The molecule has 2 atom stereocenters. The number of hydrogen-bond acceptors (Lipinski definition) is 4. The van der Waals surface area contributed by atoms with E-state index in [0.717, 1.165) is 18.4 Å². The van der Waals surface area contributed by atoms with Crippen LogP contribution in [0.2, 0.25) is 0 Å². The molecule has 0 saturated carbocycles. The van der Waals surface area contributed by atoms with Gasteiger partial charge in [-0.05, 0) is 119 Å². The fourth-order valence-corrected chi connectivity index (χ4v) is 3.76. The van der Waals surface area contributed by atoms with Crippen LogP contribution in [0.5, 0.6) is 0 Å². The molecule has 0 fully saturated rings. The number of rotatable bonds is 18. The molecule has 4 nitrogen and oxygen atoms in total. The SMILES string of the molecule is CC(C)CCN(CCCN(C)C)[C@@H](C)CC[C@@H](C)CCN(CCN(C)C)C(C)C. The van der Waals surface area contributed by atoms with E-state index in [1.54, 1.807) is 0 Å². The van der Waals surface area contributed by atoms with Crippen LogP contribution >= 0.6 is 0 Å². The highest BCUT2D eigenvalue weighted by atomic mass is 15.2. The second-order valence-corrected chi connectivity index (χ2v) is 10.6. The van der Waals surface area contributed by atoms with E-state index in [9.17, 15) is 0 Å². The monoisotopic (exact) mass is 412 g/mol. The molecular formula is C25H56N4. The summed E-state index contributed by atoms with van der Waals surface area (Å²) in [5.74, 6) is 1.61. The van der Waals surface area contributed by atoms with Gasteiger partial charge in [0, 0.05) is 25.2 Å². The lowest BCUT2D eigenvalue weighted by molar-refractivity contribution is 0.165. The van der Waals surface area contributed by atoms with Gasteiger partial charge < -0.3 is 14.7 Å². The molecule has 0 aliphatic rings. The molecule has 0 spiro atoms. The number of hydrogen-bond donors (Lipinski definition) is 0. The van der Waals surface area contributed by atoms with E-state index in [2.05, 4.69) is 89.3 Å². The van der Waals surface area contributed by atoms with Crippen LogP contribution in [0.15, 0.2) is 0 Å². The van der Waals surface area contributed by atoms with E-state index in [1.807, 2.05) is 0 Å². The summed E-state index contributed by atoms with van der Waals surface area (Å²) in [6.45, 7) is 21.6. The molecule has 0 radical (unpaired) electrons. The fraction of sp³-hybridized carbons (Fsp3) is 1.00. The highest BCUT2D eigenvalue weighted by molar-refractivity contribution is 4.72. The average Bonchev–Trinajstić information content (AvgIpc) is 2.61. The largest absolute Gasteiger partial charge is 0.309 e. The summed E-state index contributed by atoms with van der Waals surface area (Å²) in [6.07, 6.45) is 6.61. The Bertz CT molecular complexity index is 368. The molecule has 0 N–H and O–H groups in total. The summed E-state index contributed by atoms with van der Waals surface area (Å²) in [5.41, 5.74) is 0. The van der Waals surface area contributed by atoms with Crippen LogP contribution in [-0.2, 0) is 0 Å². The average molecular weight is 413 g/mol. The van der Waals surface area contributed by atoms with Crippen LogP contribution in [0.1, 0.15) is 73.6 Å². The number of nitrogens with zero attached hydrogens (tertiary/aromatic N) is 4. The van der Waals surface area contributed by atoms with E-state index in [4.69, 9.17) is 0 Å². The molecular weight excluding hydrogens is 356 g/mol.